The van der Waals surface area contributed by atoms with E-state index < -0.39 is 0 Å². The molecule has 0 aliphatic heterocycles. The number of hydrogen-bond acceptors (Lipinski definition) is 4. The van der Waals surface area contributed by atoms with E-state index in [0.717, 1.165) is 0 Å². The van der Waals surface area contributed by atoms with Crippen LogP contribution >= 0.6 is 0 Å². The van der Waals surface area contributed by atoms with Crippen LogP contribution in [0.1, 0.15) is 38.2 Å². The number of hydrogen-bond donors (Lipinski definition) is 2. The lowest BCUT2D eigenvalue weighted by atomic mass is 10.3. The molecule has 84 valence electrons. The predicted octanol–water partition coefficient (Wildman–Crippen LogP) is 1.63. The molecule has 0 saturated heterocycles. The fraction of sp³-hybridized carbons (Fsp3) is 0.600. The predicted molar refractivity (Wildman–Crippen MR) is 57.9 cm³/mol. The zero-order valence-electron chi connectivity index (χ0n) is 9.50. The quantitative estimate of drug-likeness (QED) is 0.794. The minimum Gasteiger partial charge on any atom is -0.431 e. The van der Waals surface area contributed by atoms with Gasteiger partial charge in [-0.3, -0.25) is 4.79 Å². The molecule has 0 unspecified atom stereocenters. The molecule has 0 aromatic carbocycles. The molecule has 0 spiro atoms. The molecule has 0 saturated carbocycles. The molecule has 2 N–H and O–H groups in total. The summed E-state index contributed by atoms with van der Waals surface area (Å²) in [7, 11) is 0. The average Bonchev–Trinajstić information content (AvgIpc) is 2.50. The Morgan fingerprint density at radius 3 is 2.53 bits per heavy atom. The third-order valence-electron chi connectivity index (χ3n) is 1.57. The Morgan fingerprint density at radius 2 is 2.00 bits per heavy atom. The number of nitrogens with one attached hydrogen (secondary N) is 2. The van der Waals surface area contributed by atoms with E-state index in [-0.39, 0.29) is 18.0 Å². The van der Waals surface area contributed by atoms with Gasteiger partial charge >= 0.3 is 0 Å². The first-order valence-corrected chi connectivity index (χ1v) is 5.02. The summed E-state index contributed by atoms with van der Waals surface area (Å²) in [6.45, 7) is 7.73. The van der Waals surface area contributed by atoms with Crippen molar-refractivity contribution >= 4 is 11.9 Å². The molecule has 0 atom stereocenters. The van der Waals surface area contributed by atoms with E-state index >= 15 is 0 Å². The van der Waals surface area contributed by atoms with Crippen molar-refractivity contribution in [1.29, 1.82) is 0 Å². The molecule has 1 aromatic rings. The molecule has 5 heteroatoms. The molecule has 0 fully saturated rings. The highest BCUT2D eigenvalue weighted by atomic mass is 16.4. The minimum atomic E-state index is -0.217. The first-order chi connectivity index (χ1) is 6.99. The molecular weight excluding hydrogens is 194 g/mol. The Labute approximate surface area is 89.3 Å². The van der Waals surface area contributed by atoms with Crippen LogP contribution in [0, 0.1) is 0 Å². The van der Waals surface area contributed by atoms with Gasteiger partial charge in [-0.25, -0.2) is 0 Å². The van der Waals surface area contributed by atoms with Gasteiger partial charge in [0.1, 0.15) is 6.26 Å². The van der Waals surface area contributed by atoms with E-state index in [4.69, 9.17) is 4.42 Å². The zero-order chi connectivity index (χ0) is 11.4. The van der Waals surface area contributed by atoms with Crippen molar-refractivity contribution in [1.82, 2.24) is 10.3 Å². The van der Waals surface area contributed by atoms with Crippen molar-refractivity contribution in [3.8, 4) is 0 Å². The summed E-state index contributed by atoms with van der Waals surface area (Å²) in [6.07, 6.45) is 1.35. The van der Waals surface area contributed by atoms with Gasteiger partial charge in [0.05, 0.1) is 0 Å². The van der Waals surface area contributed by atoms with Gasteiger partial charge < -0.3 is 15.1 Å². The van der Waals surface area contributed by atoms with Crippen molar-refractivity contribution in [2.45, 2.75) is 39.8 Å². The van der Waals surface area contributed by atoms with Crippen molar-refractivity contribution in [3.63, 3.8) is 0 Å². The molecule has 5 nitrogen and oxygen atoms in total. The van der Waals surface area contributed by atoms with Gasteiger partial charge in [-0.05, 0) is 27.7 Å². The van der Waals surface area contributed by atoms with E-state index in [1.807, 2.05) is 27.7 Å². The zero-order valence-corrected chi connectivity index (χ0v) is 9.50. The summed E-state index contributed by atoms with van der Waals surface area (Å²) < 4.78 is 5.10. The average molecular weight is 211 g/mol. The number of rotatable bonds is 4. The van der Waals surface area contributed by atoms with E-state index in [0.29, 0.717) is 11.7 Å². The molecule has 1 amide bonds. The van der Waals surface area contributed by atoms with Gasteiger partial charge in [0.25, 0.3) is 11.9 Å². The maximum absolute atomic E-state index is 11.5. The summed E-state index contributed by atoms with van der Waals surface area (Å²) in [5.41, 5.74) is 0.298. The first-order valence-electron chi connectivity index (χ1n) is 5.02. The number of carbonyl (C=O) groups is 1. The normalized spacial score (nSPS) is 10.8. The number of amides is 1. The Hall–Kier alpha value is -1.52. The fourth-order valence-electron chi connectivity index (χ4n) is 1.03. The van der Waals surface area contributed by atoms with Gasteiger partial charge in [-0.1, -0.05) is 0 Å². The molecule has 0 aliphatic carbocycles. The third kappa shape index (κ3) is 3.61. The molecular formula is C10H17N3O2. The summed E-state index contributed by atoms with van der Waals surface area (Å²) >= 11 is 0. The van der Waals surface area contributed by atoms with Crippen LogP contribution in [0.2, 0.25) is 0 Å². The largest absolute Gasteiger partial charge is 0.431 e. The van der Waals surface area contributed by atoms with Crippen LogP contribution in [0.5, 0.6) is 0 Å². The number of carbonyl (C=O) groups excluding carboxylic acids is 1. The second kappa shape index (κ2) is 4.82. The maximum Gasteiger partial charge on any atom is 0.295 e. The highest BCUT2D eigenvalue weighted by molar-refractivity contribution is 5.92. The monoisotopic (exact) mass is 211 g/mol. The van der Waals surface area contributed by atoms with Gasteiger partial charge in [0.2, 0.25) is 0 Å². The number of nitrogens with zero attached hydrogens (tertiary/aromatic N) is 1. The first kappa shape index (κ1) is 11.6. The number of oxazole rings is 1. The second-order valence-electron chi connectivity index (χ2n) is 3.97. The lowest BCUT2D eigenvalue weighted by Crippen LogP contribution is -2.30. The van der Waals surface area contributed by atoms with Crippen LogP contribution in [0.4, 0.5) is 6.01 Å². The molecule has 0 bridgehead atoms. The van der Waals surface area contributed by atoms with Gasteiger partial charge in [-0.2, -0.15) is 4.98 Å². The van der Waals surface area contributed by atoms with Crippen LogP contribution in [0.3, 0.4) is 0 Å². The Balaban J connectivity index is 2.63. The van der Waals surface area contributed by atoms with Gasteiger partial charge in [0.15, 0.2) is 5.69 Å². The van der Waals surface area contributed by atoms with Crippen LogP contribution in [0.15, 0.2) is 10.7 Å². The standard InChI is InChI=1S/C10H17N3O2/c1-6(2)11-9(14)8-5-15-10(13-8)12-7(3)4/h5-7H,1-4H3,(H,11,14)(H,12,13). The topological polar surface area (TPSA) is 67.2 Å². The second-order valence-corrected chi connectivity index (χ2v) is 3.97. The summed E-state index contributed by atoms with van der Waals surface area (Å²) in [5.74, 6) is -0.217. The number of anilines is 1. The summed E-state index contributed by atoms with van der Waals surface area (Å²) in [4.78, 5) is 15.5. The van der Waals surface area contributed by atoms with Gasteiger partial charge in [-0.15, -0.1) is 0 Å². The highest BCUT2D eigenvalue weighted by Gasteiger charge is 2.12. The van der Waals surface area contributed by atoms with E-state index in [2.05, 4.69) is 15.6 Å². The molecule has 1 rings (SSSR count). The van der Waals surface area contributed by atoms with Crippen molar-refractivity contribution in [3.05, 3.63) is 12.0 Å². The highest BCUT2D eigenvalue weighted by Crippen LogP contribution is 2.08. The smallest absolute Gasteiger partial charge is 0.295 e. The molecule has 0 aliphatic rings. The molecule has 0 radical (unpaired) electrons. The lowest BCUT2D eigenvalue weighted by Gasteiger charge is -2.05. The minimum absolute atomic E-state index is 0.0932. The van der Waals surface area contributed by atoms with Crippen LogP contribution in [-0.2, 0) is 0 Å². The Morgan fingerprint density at radius 1 is 1.33 bits per heavy atom. The maximum atomic E-state index is 11.5. The SMILES string of the molecule is CC(C)NC(=O)c1coc(NC(C)C)n1. The molecule has 15 heavy (non-hydrogen) atoms. The third-order valence-corrected chi connectivity index (χ3v) is 1.57. The van der Waals surface area contributed by atoms with E-state index in [9.17, 15) is 4.79 Å². The van der Waals surface area contributed by atoms with Crippen molar-refractivity contribution in [2.24, 2.45) is 0 Å². The lowest BCUT2D eigenvalue weighted by molar-refractivity contribution is 0.0938. The van der Waals surface area contributed by atoms with Crippen LogP contribution in [-0.4, -0.2) is 23.0 Å². The van der Waals surface area contributed by atoms with Crippen molar-refractivity contribution in [2.75, 3.05) is 5.32 Å². The van der Waals surface area contributed by atoms with Crippen molar-refractivity contribution < 1.29 is 9.21 Å². The van der Waals surface area contributed by atoms with Gasteiger partial charge in [0, 0.05) is 12.1 Å². The molecule has 1 aromatic heterocycles. The molecule has 1 heterocycles. The Bertz CT molecular complexity index is 331. The van der Waals surface area contributed by atoms with Crippen LogP contribution < -0.4 is 10.6 Å². The number of aromatic nitrogens is 1. The summed E-state index contributed by atoms with van der Waals surface area (Å²) in [5, 5.41) is 5.71. The van der Waals surface area contributed by atoms with E-state index in [1.54, 1.807) is 0 Å². The van der Waals surface area contributed by atoms with Crippen LogP contribution in [0.25, 0.3) is 0 Å². The fourth-order valence-corrected chi connectivity index (χ4v) is 1.03. The summed E-state index contributed by atoms with van der Waals surface area (Å²) in [6, 6.07) is 0.694. The van der Waals surface area contributed by atoms with E-state index in [1.165, 1.54) is 6.26 Å². The Kier molecular flexibility index (Phi) is 3.71.